The third-order valence-electron chi connectivity index (χ3n) is 6.40. The first-order valence-corrected chi connectivity index (χ1v) is 11.5. The van der Waals surface area contributed by atoms with E-state index in [-0.39, 0.29) is 11.8 Å². The van der Waals surface area contributed by atoms with E-state index in [2.05, 4.69) is 47.2 Å². The summed E-state index contributed by atoms with van der Waals surface area (Å²) in [6.45, 7) is 2.12. The van der Waals surface area contributed by atoms with Gasteiger partial charge in [0.2, 0.25) is 0 Å². The van der Waals surface area contributed by atoms with E-state index in [9.17, 15) is 4.79 Å². The third kappa shape index (κ3) is 4.68. The van der Waals surface area contributed by atoms with Crippen LogP contribution in [-0.4, -0.2) is 27.5 Å². The molecule has 1 saturated carbocycles. The number of aromatic nitrogens is 2. The van der Waals surface area contributed by atoms with Crippen molar-refractivity contribution in [3.63, 3.8) is 0 Å². The summed E-state index contributed by atoms with van der Waals surface area (Å²) < 4.78 is 0. The molecule has 1 aliphatic carbocycles. The minimum absolute atomic E-state index is 0.189. The number of carbonyl (C=O) groups is 1. The maximum atomic E-state index is 12.9. The molecular formula is C27H29N3O. The average molecular weight is 412 g/mol. The van der Waals surface area contributed by atoms with E-state index in [1.54, 1.807) is 0 Å². The quantitative estimate of drug-likeness (QED) is 0.512. The molecule has 0 radical (unpaired) electrons. The molecule has 3 aromatic rings. The van der Waals surface area contributed by atoms with Crippen molar-refractivity contribution in [3.8, 4) is 11.3 Å². The molecule has 4 heteroatoms. The summed E-state index contributed by atoms with van der Waals surface area (Å²) in [6, 6.07) is 14.9. The molecule has 0 bridgehead atoms. The summed E-state index contributed by atoms with van der Waals surface area (Å²) in [5.74, 6) is 0.900. The second-order valence-electron chi connectivity index (χ2n) is 9.00. The summed E-state index contributed by atoms with van der Waals surface area (Å²) >= 11 is 0. The van der Waals surface area contributed by atoms with Crippen LogP contribution in [0.4, 0.5) is 0 Å². The Balaban J connectivity index is 1.23. The number of fused-ring (bicyclic) bond motifs is 1. The highest BCUT2D eigenvalue weighted by Crippen LogP contribution is 2.39. The van der Waals surface area contributed by atoms with Crippen molar-refractivity contribution in [2.24, 2.45) is 10.9 Å². The maximum absolute atomic E-state index is 12.9. The Bertz CT molecular complexity index is 1150. The molecule has 1 aliphatic heterocycles. The van der Waals surface area contributed by atoms with Crippen molar-refractivity contribution >= 4 is 22.5 Å². The molecule has 3 heterocycles. The summed E-state index contributed by atoms with van der Waals surface area (Å²) in [7, 11) is 0. The Labute approximate surface area is 183 Å². The predicted molar refractivity (Wildman–Crippen MR) is 126 cm³/mol. The van der Waals surface area contributed by atoms with E-state index < -0.39 is 0 Å². The number of hydrogen-bond donors (Lipinski definition) is 1. The van der Waals surface area contributed by atoms with Crippen LogP contribution >= 0.6 is 0 Å². The van der Waals surface area contributed by atoms with Crippen molar-refractivity contribution in [3.05, 3.63) is 65.9 Å². The Kier molecular flexibility index (Phi) is 5.54. The lowest BCUT2D eigenvalue weighted by Gasteiger charge is -2.05. The Morgan fingerprint density at radius 1 is 1.13 bits per heavy atom. The number of pyridine rings is 1. The van der Waals surface area contributed by atoms with Crippen LogP contribution in [0.15, 0.2) is 65.3 Å². The Hall–Kier alpha value is -3.01. The fourth-order valence-electron chi connectivity index (χ4n) is 4.44. The number of carbonyl (C=O) groups excluding carboxylic acids is 1. The number of Topliss-reactive ketones (excluding diaryl/α,β-unsaturated/α-hetero) is 1. The van der Waals surface area contributed by atoms with Gasteiger partial charge in [-0.05, 0) is 80.7 Å². The first-order valence-electron chi connectivity index (χ1n) is 11.5. The zero-order chi connectivity index (χ0) is 21.2. The monoisotopic (exact) mass is 411 g/mol. The molecular weight excluding hydrogens is 382 g/mol. The highest BCUT2D eigenvalue weighted by Gasteiger charge is 2.28. The molecule has 0 saturated heterocycles. The topological polar surface area (TPSA) is 58.1 Å². The number of nitrogens with one attached hydrogen (secondary N) is 1. The molecule has 2 aromatic heterocycles. The average Bonchev–Trinajstić information content (AvgIpc) is 3.57. The largest absolute Gasteiger partial charge is 0.339 e. The number of rotatable bonds is 7. The number of hydrogen-bond acceptors (Lipinski definition) is 3. The smallest absolute Gasteiger partial charge is 0.180 e. The Morgan fingerprint density at radius 3 is 2.77 bits per heavy atom. The van der Waals surface area contributed by atoms with Crippen LogP contribution in [0.5, 0.6) is 0 Å². The molecule has 1 atom stereocenters. The molecule has 158 valence electrons. The van der Waals surface area contributed by atoms with Gasteiger partial charge >= 0.3 is 0 Å². The second-order valence-corrected chi connectivity index (χ2v) is 9.00. The summed E-state index contributed by atoms with van der Waals surface area (Å²) in [6.07, 6.45) is 11.0. The van der Waals surface area contributed by atoms with E-state index in [4.69, 9.17) is 4.99 Å². The number of ketones is 1. The first kappa shape index (κ1) is 19.9. The number of aliphatic imine (C=N–C) groups is 1. The minimum atomic E-state index is 0.189. The molecule has 5 rings (SSSR count). The lowest BCUT2D eigenvalue weighted by Crippen LogP contribution is -2.14. The van der Waals surface area contributed by atoms with Gasteiger partial charge in [0.15, 0.2) is 5.78 Å². The summed E-state index contributed by atoms with van der Waals surface area (Å²) in [5, 5.41) is 1.11. The van der Waals surface area contributed by atoms with Crippen LogP contribution in [0.1, 0.15) is 51.0 Å². The van der Waals surface area contributed by atoms with E-state index in [0.717, 1.165) is 48.0 Å². The highest BCUT2D eigenvalue weighted by molar-refractivity contribution is 6.44. The van der Waals surface area contributed by atoms with Crippen LogP contribution in [0.25, 0.3) is 22.3 Å². The van der Waals surface area contributed by atoms with Gasteiger partial charge in [0, 0.05) is 29.7 Å². The van der Waals surface area contributed by atoms with Gasteiger partial charge in [-0.2, -0.15) is 0 Å². The van der Waals surface area contributed by atoms with Crippen LogP contribution in [0.2, 0.25) is 0 Å². The lowest BCUT2D eigenvalue weighted by atomic mass is 10.0. The molecule has 1 N–H and O–H groups in total. The summed E-state index contributed by atoms with van der Waals surface area (Å²) in [4.78, 5) is 25.6. The number of aromatic amines is 1. The second kappa shape index (κ2) is 8.62. The predicted octanol–water partition coefficient (Wildman–Crippen LogP) is 6.08. The number of H-pyrrole nitrogens is 1. The molecule has 4 nitrogen and oxygen atoms in total. The van der Waals surface area contributed by atoms with Crippen LogP contribution in [0, 0.1) is 5.92 Å². The number of nitrogens with zero attached hydrogens (tertiary/aromatic N) is 2. The normalized spacial score (nSPS) is 19.1. The lowest BCUT2D eigenvalue weighted by molar-refractivity contribution is -0.113. The van der Waals surface area contributed by atoms with Gasteiger partial charge in [0.05, 0.1) is 0 Å². The van der Waals surface area contributed by atoms with E-state index >= 15 is 0 Å². The van der Waals surface area contributed by atoms with E-state index in [1.165, 1.54) is 24.0 Å². The molecule has 1 unspecified atom stereocenters. The maximum Gasteiger partial charge on any atom is 0.180 e. The summed E-state index contributed by atoms with van der Waals surface area (Å²) in [5.41, 5.74) is 6.47. The fourth-order valence-corrected chi connectivity index (χ4v) is 4.44. The van der Waals surface area contributed by atoms with Crippen LogP contribution in [0.3, 0.4) is 0 Å². The van der Waals surface area contributed by atoms with E-state index in [0.29, 0.717) is 18.1 Å². The SMILES string of the molecule is CC1CCC(C2CC2)=CC(C(=O)CCCc2cnc3[nH]c(-c4ccccc4)cc3c2)=N1. The van der Waals surface area contributed by atoms with Gasteiger partial charge in [-0.15, -0.1) is 0 Å². The van der Waals surface area contributed by atoms with Crippen molar-refractivity contribution < 1.29 is 4.79 Å². The Morgan fingerprint density at radius 2 is 1.97 bits per heavy atom. The van der Waals surface area contributed by atoms with Crippen molar-refractivity contribution in [1.82, 2.24) is 9.97 Å². The number of benzene rings is 1. The van der Waals surface area contributed by atoms with Crippen molar-refractivity contribution in [2.75, 3.05) is 0 Å². The molecule has 31 heavy (non-hydrogen) atoms. The van der Waals surface area contributed by atoms with Gasteiger partial charge in [-0.1, -0.05) is 35.9 Å². The molecule has 0 spiro atoms. The fraction of sp³-hybridized carbons (Fsp3) is 0.370. The minimum Gasteiger partial charge on any atom is -0.339 e. The van der Waals surface area contributed by atoms with Gasteiger partial charge in [-0.3, -0.25) is 9.79 Å². The van der Waals surface area contributed by atoms with E-state index in [1.807, 2.05) is 24.4 Å². The molecule has 1 aromatic carbocycles. The molecule has 1 fully saturated rings. The first-order chi connectivity index (χ1) is 15.2. The number of allylic oxidation sites excluding steroid dienone is 2. The van der Waals surface area contributed by atoms with Gasteiger partial charge < -0.3 is 4.98 Å². The molecule has 0 amide bonds. The third-order valence-corrected chi connectivity index (χ3v) is 6.40. The van der Waals surface area contributed by atoms with Crippen molar-refractivity contribution in [1.29, 1.82) is 0 Å². The standard InChI is InChI=1S/C27H29N3O/c1-18-10-11-22(20-12-13-20)15-25(29-18)26(31)9-5-6-19-14-23-16-24(30-27(23)28-17-19)21-7-3-2-4-8-21/h2-4,7-8,14-18,20H,5-6,9-13H2,1H3,(H,28,30). The van der Waals surface area contributed by atoms with Gasteiger partial charge in [0.1, 0.15) is 11.4 Å². The van der Waals surface area contributed by atoms with Crippen LogP contribution < -0.4 is 0 Å². The van der Waals surface area contributed by atoms with Gasteiger partial charge in [-0.25, -0.2) is 4.98 Å². The van der Waals surface area contributed by atoms with Gasteiger partial charge in [0.25, 0.3) is 0 Å². The molecule has 2 aliphatic rings. The number of aryl methyl sites for hydroxylation is 1. The highest BCUT2D eigenvalue weighted by atomic mass is 16.1. The zero-order valence-corrected chi connectivity index (χ0v) is 18.1. The zero-order valence-electron chi connectivity index (χ0n) is 18.1. The van der Waals surface area contributed by atoms with Crippen LogP contribution in [-0.2, 0) is 11.2 Å². The van der Waals surface area contributed by atoms with Crippen molar-refractivity contribution in [2.45, 2.75) is 57.9 Å².